The molecule has 3 aromatic rings. The molecule has 0 aliphatic heterocycles. The van der Waals surface area contributed by atoms with Gasteiger partial charge in [0, 0.05) is 22.6 Å². The van der Waals surface area contributed by atoms with Gasteiger partial charge in [0.25, 0.3) is 10.0 Å². The molecule has 1 atom stereocenters. The Morgan fingerprint density at radius 1 is 0.923 bits per heavy atom. The molecule has 3 rings (SSSR count). The van der Waals surface area contributed by atoms with Crippen LogP contribution in [0.5, 0.6) is 0 Å². The second-order valence-electron chi connectivity index (χ2n) is 9.44. The average molecular weight is 591 g/mol. The van der Waals surface area contributed by atoms with E-state index in [1.807, 2.05) is 32.9 Å². The van der Waals surface area contributed by atoms with Crippen LogP contribution in [0, 0.1) is 0 Å². The van der Waals surface area contributed by atoms with Gasteiger partial charge >= 0.3 is 0 Å². The highest BCUT2D eigenvalue weighted by atomic mass is 35.5. The van der Waals surface area contributed by atoms with E-state index in [1.54, 1.807) is 55.5 Å². The quantitative estimate of drug-likeness (QED) is 0.311. The predicted octanol–water partition coefficient (Wildman–Crippen LogP) is 5.69. The van der Waals surface area contributed by atoms with Gasteiger partial charge in [-0.3, -0.25) is 13.9 Å². The molecule has 0 aromatic heterocycles. The third kappa shape index (κ3) is 7.75. The fraction of sp³-hybridized carbons (Fsp3) is 0.310. The number of hydrogen-bond acceptors (Lipinski definition) is 4. The first-order chi connectivity index (χ1) is 18.4. The monoisotopic (exact) mass is 589 g/mol. The highest BCUT2D eigenvalue weighted by Crippen LogP contribution is 2.27. The topological polar surface area (TPSA) is 86.8 Å². The van der Waals surface area contributed by atoms with Crippen molar-refractivity contribution in [2.75, 3.05) is 10.8 Å². The van der Waals surface area contributed by atoms with Crippen LogP contribution in [0.2, 0.25) is 10.0 Å². The lowest BCUT2D eigenvalue weighted by atomic mass is 10.1. The number of carbonyl (C=O) groups excluding carboxylic acids is 2. The molecule has 0 bridgehead atoms. The average Bonchev–Trinajstić information content (AvgIpc) is 2.91. The summed E-state index contributed by atoms with van der Waals surface area (Å²) in [7, 11) is -4.11. The third-order valence-corrected chi connectivity index (χ3v) is 8.57. The number of rotatable bonds is 11. The molecule has 0 saturated carbocycles. The van der Waals surface area contributed by atoms with Crippen molar-refractivity contribution in [3.63, 3.8) is 0 Å². The molecule has 0 unspecified atom stereocenters. The summed E-state index contributed by atoms with van der Waals surface area (Å²) in [6.07, 6.45) is 0.781. The molecule has 0 aliphatic carbocycles. The lowest BCUT2D eigenvalue weighted by Gasteiger charge is -2.32. The lowest BCUT2D eigenvalue weighted by Crippen LogP contribution is -2.52. The van der Waals surface area contributed by atoms with E-state index < -0.39 is 28.5 Å². The zero-order chi connectivity index (χ0) is 28.7. The third-order valence-electron chi connectivity index (χ3n) is 6.20. The maximum absolute atomic E-state index is 13.9. The molecule has 0 radical (unpaired) electrons. The molecule has 0 spiro atoms. The minimum absolute atomic E-state index is 0.0183. The van der Waals surface area contributed by atoms with Gasteiger partial charge in [0.1, 0.15) is 12.6 Å². The van der Waals surface area contributed by atoms with Crippen molar-refractivity contribution < 1.29 is 18.0 Å². The van der Waals surface area contributed by atoms with Gasteiger partial charge in [-0.25, -0.2) is 8.42 Å². The van der Waals surface area contributed by atoms with Gasteiger partial charge in [-0.15, -0.1) is 0 Å². The number of anilines is 1. The van der Waals surface area contributed by atoms with Crippen LogP contribution < -0.4 is 9.62 Å². The minimum atomic E-state index is -4.11. The SMILES string of the molecule is CCc1ccc(N(CC(=O)N(Cc2ccc(Cl)cc2Cl)[C@@H](C)C(=O)NC(C)C)S(=O)(=O)c2ccccc2)cc1. The molecule has 0 saturated heterocycles. The number of aryl methyl sites for hydroxylation is 1. The first-order valence-electron chi connectivity index (χ1n) is 12.6. The second kappa shape index (κ2) is 13.3. The van der Waals surface area contributed by atoms with E-state index in [4.69, 9.17) is 23.2 Å². The largest absolute Gasteiger partial charge is 0.352 e. The Bertz CT molecular complexity index is 1400. The van der Waals surface area contributed by atoms with E-state index in [0.717, 1.165) is 16.3 Å². The number of nitrogens with zero attached hydrogens (tertiary/aromatic N) is 2. The summed E-state index contributed by atoms with van der Waals surface area (Å²) in [5.41, 5.74) is 1.94. The second-order valence-corrected chi connectivity index (χ2v) is 12.1. The number of nitrogens with one attached hydrogen (secondary N) is 1. The zero-order valence-electron chi connectivity index (χ0n) is 22.4. The van der Waals surface area contributed by atoms with Crippen molar-refractivity contribution in [2.24, 2.45) is 0 Å². The summed E-state index contributed by atoms with van der Waals surface area (Å²) in [6.45, 7) is 6.70. The van der Waals surface area contributed by atoms with Gasteiger partial charge in [-0.2, -0.15) is 0 Å². The normalized spacial score (nSPS) is 12.2. The van der Waals surface area contributed by atoms with E-state index in [2.05, 4.69) is 5.32 Å². The van der Waals surface area contributed by atoms with Gasteiger partial charge in [0.2, 0.25) is 11.8 Å². The van der Waals surface area contributed by atoms with E-state index in [0.29, 0.717) is 21.3 Å². The molecule has 7 nitrogen and oxygen atoms in total. The molecule has 2 amide bonds. The van der Waals surface area contributed by atoms with Crippen LogP contribution >= 0.6 is 23.2 Å². The number of benzene rings is 3. The maximum atomic E-state index is 13.9. The zero-order valence-corrected chi connectivity index (χ0v) is 24.7. The van der Waals surface area contributed by atoms with Crippen molar-refractivity contribution >= 4 is 50.7 Å². The highest BCUT2D eigenvalue weighted by Gasteiger charge is 2.33. The lowest BCUT2D eigenvalue weighted by molar-refractivity contribution is -0.139. The van der Waals surface area contributed by atoms with Gasteiger partial charge in [-0.1, -0.05) is 66.5 Å². The Morgan fingerprint density at radius 2 is 1.56 bits per heavy atom. The Labute approximate surface area is 240 Å². The van der Waals surface area contributed by atoms with Crippen molar-refractivity contribution in [3.05, 3.63) is 94.0 Å². The van der Waals surface area contributed by atoms with Gasteiger partial charge in [0.05, 0.1) is 10.6 Å². The first kappa shape index (κ1) is 30.5. The molecule has 10 heteroatoms. The van der Waals surface area contributed by atoms with E-state index >= 15 is 0 Å². The molecular weight excluding hydrogens is 557 g/mol. The highest BCUT2D eigenvalue weighted by molar-refractivity contribution is 7.92. The number of hydrogen-bond donors (Lipinski definition) is 1. The van der Waals surface area contributed by atoms with Crippen molar-refractivity contribution in [2.45, 2.75) is 57.6 Å². The summed E-state index contributed by atoms with van der Waals surface area (Å²) < 4.78 is 28.6. The molecule has 208 valence electrons. The summed E-state index contributed by atoms with van der Waals surface area (Å²) in [5, 5.41) is 3.59. The fourth-order valence-electron chi connectivity index (χ4n) is 3.97. The smallest absolute Gasteiger partial charge is 0.264 e. The van der Waals surface area contributed by atoms with E-state index in [1.165, 1.54) is 17.0 Å². The molecule has 0 heterocycles. The van der Waals surface area contributed by atoms with Crippen LogP contribution in [-0.4, -0.2) is 43.8 Å². The number of halogens is 2. The molecule has 1 N–H and O–H groups in total. The molecule has 0 aliphatic rings. The first-order valence-corrected chi connectivity index (χ1v) is 14.8. The van der Waals surface area contributed by atoms with Crippen LogP contribution in [0.1, 0.15) is 38.8 Å². The fourth-order valence-corrected chi connectivity index (χ4v) is 5.87. The summed E-state index contributed by atoms with van der Waals surface area (Å²) >= 11 is 12.5. The van der Waals surface area contributed by atoms with Gasteiger partial charge in [0.15, 0.2) is 0 Å². The van der Waals surface area contributed by atoms with E-state index in [9.17, 15) is 18.0 Å². The van der Waals surface area contributed by atoms with Gasteiger partial charge < -0.3 is 10.2 Å². The number of amides is 2. The Morgan fingerprint density at radius 3 is 2.13 bits per heavy atom. The number of sulfonamides is 1. The van der Waals surface area contributed by atoms with Crippen LogP contribution in [0.15, 0.2) is 77.7 Å². The molecule has 39 heavy (non-hydrogen) atoms. The Hall–Kier alpha value is -3.07. The van der Waals surface area contributed by atoms with Crippen LogP contribution in [0.4, 0.5) is 5.69 Å². The Balaban J connectivity index is 2.04. The Kier molecular flexibility index (Phi) is 10.4. The minimum Gasteiger partial charge on any atom is -0.352 e. The summed E-state index contributed by atoms with van der Waals surface area (Å²) in [5.74, 6) is -0.931. The van der Waals surface area contributed by atoms with Crippen molar-refractivity contribution in [3.8, 4) is 0 Å². The summed E-state index contributed by atoms with van der Waals surface area (Å²) in [4.78, 5) is 28.3. The van der Waals surface area contributed by atoms with Crippen molar-refractivity contribution in [1.82, 2.24) is 10.2 Å². The predicted molar refractivity (Wildman–Crippen MR) is 157 cm³/mol. The van der Waals surface area contributed by atoms with Crippen LogP contribution in [0.25, 0.3) is 0 Å². The van der Waals surface area contributed by atoms with E-state index in [-0.39, 0.29) is 23.4 Å². The summed E-state index contributed by atoms with van der Waals surface area (Å²) in [6, 6.07) is 18.8. The van der Waals surface area contributed by atoms with Gasteiger partial charge in [-0.05, 0) is 74.7 Å². The molecular formula is C29H33Cl2N3O4S. The molecule has 0 fully saturated rings. The van der Waals surface area contributed by atoms with Crippen LogP contribution in [0.3, 0.4) is 0 Å². The van der Waals surface area contributed by atoms with Crippen molar-refractivity contribution in [1.29, 1.82) is 0 Å². The standard InChI is InChI=1S/C29H33Cl2N3O4S/c1-5-22-11-15-25(16-12-22)34(39(37,38)26-9-7-6-8-10-26)19-28(35)33(21(4)29(36)32-20(2)3)18-23-13-14-24(30)17-27(23)31/h6-17,20-21H,5,18-19H2,1-4H3,(H,32,36)/t21-/m0/s1. The molecule has 3 aromatic carbocycles. The van der Waals surface area contributed by atoms with Crippen LogP contribution in [-0.2, 0) is 32.6 Å². The number of carbonyl (C=O) groups is 2. The maximum Gasteiger partial charge on any atom is 0.264 e.